The third-order valence-corrected chi connectivity index (χ3v) is 11.6. The second kappa shape index (κ2) is 17.3. The van der Waals surface area contributed by atoms with E-state index in [1.807, 2.05) is 64.2 Å². The van der Waals surface area contributed by atoms with Gasteiger partial charge in [-0.15, -0.1) is 9.03 Å². The Balaban J connectivity index is 1.77. The molecule has 0 spiro atoms. The van der Waals surface area contributed by atoms with Gasteiger partial charge in [0.15, 0.2) is 11.4 Å². The van der Waals surface area contributed by atoms with Crippen molar-refractivity contribution in [1.82, 2.24) is 28.6 Å². The van der Waals surface area contributed by atoms with Gasteiger partial charge in [-0.05, 0) is 87.6 Å². The second-order valence-electron chi connectivity index (χ2n) is 14.2. The zero-order valence-corrected chi connectivity index (χ0v) is 32.1. The van der Waals surface area contributed by atoms with Crippen LogP contribution in [0.25, 0.3) is 16.9 Å². The molecule has 4 atom stereocenters. The lowest BCUT2D eigenvalue weighted by Gasteiger charge is -2.35. The zero-order valence-electron chi connectivity index (χ0n) is 30.4. The third kappa shape index (κ3) is 11.9. The van der Waals surface area contributed by atoms with Crippen molar-refractivity contribution in [2.75, 3.05) is 20.3 Å². The second-order valence-corrected chi connectivity index (χ2v) is 18.4. The minimum atomic E-state index is -4.26. The average molecular weight is 731 g/mol. The van der Waals surface area contributed by atoms with Gasteiger partial charge in [0, 0.05) is 47.3 Å². The van der Waals surface area contributed by atoms with E-state index in [1.54, 1.807) is 38.6 Å². The molecule has 0 aromatic carbocycles. The summed E-state index contributed by atoms with van der Waals surface area (Å²) in [5.41, 5.74) is 3.31. The molecule has 3 aromatic rings. The molecular weight excluding hydrogens is 678 g/mol. The molecule has 0 saturated carbocycles. The molecule has 15 heteroatoms. The van der Waals surface area contributed by atoms with Crippen LogP contribution in [0.15, 0.2) is 24.5 Å². The molecule has 0 saturated heterocycles. The molecule has 3 heterocycles. The average Bonchev–Trinajstić information content (AvgIpc) is 3.39. The lowest BCUT2D eigenvalue weighted by atomic mass is 10.0. The Hall–Kier alpha value is -2.30. The van der Waals surface area contributed by atoms with Crippen LogP contribution in [0.1, 0.15) is 111 Å². The molecule has 3 aromatic heterocycles. The Labute approximate surface area is 295 Å². The molecule has 276 valence electrons. The maximum Gasteiger partial charge on any atom is 0.389 e. The number of alkyl halides is 3. The molecule has 0 fully saturated rings. The first kappa shape index (κ1) is 41.1. The Morgan fingerprint density at radius 3 is 2.29 bits per heavy atom. The van der Waals surface area contributed by atoms with Gasteiger partial charge in [-0.3, -0.25) is 4.98 Å². The summed E-state index contributed by atoms with van der Waals surface area (Å²) in [6, 6.07) is 2.97. The van der Waals surface area contributed by atoms with Crippen LogP contribution in [0.4, 0.5) is 13.2 Å². The van der Waals surface area contributed by atoms with Crippen LogP contribution in [0.2, 0.25) is 0 Å². The SMILES string of the molecule is CCN(C(C)c1cc(-c2cc(OCCCCCC(CCC(F)(F)F)N[S+]([O-])C(C)(C)C)c3nc(C)cn3n2)c(OC)cn1)[S+]([O-])C(C)(C)C. The van der Waals surface area contributed by atoms with Crippen LogP contribution < -0.4 is 14.2 Å². The van der Waals surface area contributed by atoms with Crippen molar-refractivity contribution < 1.29 is 31.8 Å². The Kier molecular flexibility index (Phi) is 14.5. The first-order valence-corrected chi connectivity index (χ1v) is 19.0. The first-order chi connectivity index (χ1) is 22.7. The van der Waals surface area contributed by atoms with Crippen molar-refractivity contribution in [1.29, 1.82) is 0 Å². The van der Waals surface area contributed by atoms with Crippen molar-refractivity contribution in [3.63, 3.8) is 0 Å². The normalized spacial score (nSPS) is 15.4. The number of pyridine rings is 1. The molecule has 0 aliphatic heterocycles. The van der Waals surface area contributed by atoms with Crippen molar-refractivity contribution in [3.05, 3.63) is 35.9 Å². The summed E-state index contributed by atoms with van der Waals surface area (Å²) in [6.07, 6.45) is 0.662. The minimum Gasteiger partial charge on any atom is -0.598 e. The fourth-order valence-corrected chi connectivity index (χ4v) is 7.39. The van der Waals surface area contributed by atoms with Gasteiger partial charge in [0.2, 0.25) is 0 Å². The highest BCUT2D eigenvalue weighted by Gasteiger charge is 2.37. The maximum atomic E-state index is 13.3. The largest absolute Gasteiger partial charge is 0.598 e. The summed E-state index contributed by atoms with van der Waals surface area (Å²) in [5.74, 6) is 1.05. The number of nitrogens with zero attached hydrogens (tertiary/aromatic N) is 5. The molecule has 49 heavy (non-hydrogen) atoms. The number of nitrogens with one attached hydrogen (secondary N) is 1. The molecular formula is C34H53F3N6O4S2. The number of aromatic nitrogens is 4. The highest BCUT2D eigenvalue weighted by molar-refractivity contribution is 7.91. The van der Waals surface area contributed by atoms with Crippen LogP contribution in [0.5, 0.6) is 11.5 Å². The number of ether oxygens (including phenoxy) is 2. The van der Waals surface area contributed by atoms with E-state index in [1.165, 1.54) is 0 Å². The zero-order chi connectivity index (χ0) is 36.7. The van der Waals surface area contributed by atoms with Crippen molar-refractivity contribution in [3.8, 4) is 22.8 Å². The minimum absolute atomic E-state index is 0.122. The summed E-state index contributed by atoms with van der Waals surface area (Å²) < 4.78 is 82.1. The molecule has 0 aliphatic rings. The summed E-state index contributed by atoms with van der Waals surface area (Å²) >= 11 is -2.71. The number of aryl methyl sites for hydroxylation is 1. The van der Waals surface area contributed by atoms with Gasteiger partial charge in [0.1, 0.15) is 15.2 Å². The predicted molar refractivity (Wildman–Crippen MR) is 190 cm³/mol. The predicted octanol–water partition coefficient (Wildman–Crippen LogP) is 7.66. The van der Waals surface area contributed by atoms with Gasteiger partial charge >= 0.3 is 6.18 Å². The highest BCUT2D eigenvalue weighted by atomic mass is 32.2. The number of hydrogen-bond acceptors (Lipinski definition) is 9. The maximum absolute atomic E-state index is 13.3. The smallest absolute Gasteiger partial charge is 0.389 e. The molecule has 3 rings (SSSR count). The Morgan fingerprint density at radius 1 is 1.00 bits per heavy atom. The fourth-order valence-electron chi connectivity index (χ4n) is 5.17. The number of fused-ring (bicyclic) bond motifs is 1. The Morgan fingerprint density at radius 2 is 1.69 bits per heavy atom. The lowest BCUT2D eigenvalue weighted by molar-refractivity contribution is -0.136. The van der Waals surface area contributed by atoms with E-state index >= 15 is 0 Å². The standard InChI is InChI=1S/C34H53F3N6O4S2/c1-11-43(49(45)33(7,8)9)24(3)27-19-26(30(46-10)21-38-27)28-20-29(31-39-23(2)22-42(31)40-28)47-18-14-12-13-15-25(16-17-34(35,36)37)41-48(44)32(4,5)6/h19-22,24-25,41H,11-18H2,1-10H3. The van der Waals surface area contributed by atoms with E-state index in [0.29, 0.717) is 60.8 Å². The topological polar surface area (TPSA) is 123 Å². The van der Waals surface area contributed by atoms with Crippen LogP contribution in [-0.4, -0.2) is 75.0 Å². The van der Waals surface area contributed by atoms with E-state index in [9.17, 15) is 22.3 Å². The van der Waals surface area contributed by atoms with Gasteiger partial charge in [0.25, 0.3) is 0 Å². The monoisotopic (exact) mass is 730 g/mol. The molecule has 0 radical (unpaired) electrons. The number of unbranched alkanes of at least 4 members (excludes halogenated alkanes) is 2. The van der Waals surface area contributed by atoms with Gasteiger partial charge in [-0.2, -0.15) is 18.3 Å². The summed E-state index contributed by atoms with van der Waals surface area (Å²) in [6.45, 7) is 18.0. The number of hydrogen-bond donors (Lipinski definition) is 1. The van der Waals surface area contributed by atoms with E-state index in [0.717, 1.165) is 17.8 Å². The van der Waals surface area contributed by atoms with Crippen LogP contribution >= 0.6 is 0 Å². The van der Waals surface area contributed by atoms with Crippen molar-refractivity contribution in [2.45, 2.75) is 129 Å². The highest BCUT2D eigenvalue weighted by Crippen LogP contribution is 2.36. The van der Waals surface area contributed by atoms with E-state index in [4.69, 9.17) is 14.6 Å². The van der Waals surface area contributed by atoms with Crippen molar-refractivity contribution >= 4 is 28.4 Å². The quantitative estimate of drug-likeness (QED) is 0.110. The van der Waals surface area contributed by atoms with Crippen LogP contribution in [0.3, 0.4) is 0 Å². The summed E-state index contributed by atoms with van der Waals surface area (Å²) in [4.78, 5) is 9.24. The fraction of sp³-hybridized carbons (Fsp3) is 0.676. The molecule has 1 N–H and O–H groups in total. The molecule has 0 bridgehead atoms. The number of halogens is 3. The van der Waals surface area contributed by atoms with Crippen LogP contribution in [0, 0.1) is 6.92 Å². The van der Waals surface area contributed by atoms with Gasteiger partial charge in [-0.1, -0.05) is 12.8 Å². The van der Waals surface area contributed by atoms with Crippen molar-refractivity contribution in [2.24, 2.45) is 0 Å². The number of imidazole rings is 1. The van der Waals surface area contributed by atoms with E-state index in [2.05, 4.69) is 14.7 Å². The number of methoxy groups -OCH3 is 1. The molecule has 10 nitrogen and oxygen atoms in total. The van der Waals surface area contributed by atoms with Gasteiger partial charge in [0.05, 0.1) is 55.3 Å². The first-order valence-electron chi connectivity index (χ1n) is 16.7. The Bertz CT molecular complexity index is 1500. The third-order valence-electron chi connectivity index (χ3n) is 7.87. The van der Waals surface area contributed by atoms with E-state index in [-0.39, 0.29) is 12.5 Å². The molecule has 0 amide bonds. The van der Waals surface area contributed by atoms with E-state index < -0.39 is 50.9 Å². The molecule has 4 unspecified atom stereocenters. The van der Waals surface area contributed by atoms with Gasteiger partial charge < -0.3 is 18.6 Å². The van der Waals surface area contributed by atoms with Crippen LogP contribution in [-0.2, 0) is 22.7 Å². The summed E-state index contributed by atoms with van der Waals surface area (Å²) in [7, 11) is 1.57. The number of rotatable bonds is 17. The van der Waals surface area contributed by atoms with Gasteiger partial charge in [-0.25, -0.2) is 9.50 Å². The molecule has 0 aliphatic carbocycles. The lowest BCUT2D eigenvalue weighted by Crippen LogP contribution is -2.45. The summed E-state index contributed by atoms with van der Waals surface area (Å²) in [5, 5.41) is 4.81.